The molecule has 0 spiro atoms. The van der Waals surface area contributed by atoms with Gasteiger partial charge >= 0.3 is 5.97 Å². The Kier molecular flexibility index (Phi) is 5.40. The second-order valence-electron chi connectivity index (χ2n) is 5.95. The Bertz CT molecular complexity index is 352. The van der Waals surface area contributed by atoms with E-state index in [1.807, 2.05) is 0 Å². The number of hydrogen-bond acceptors (Lipinski definition) is 3. The summed E-state index contributed by atoms with van der Waals surface area (Å²) in [7, 11) is 0. The third-order valence-corrected chi connectivity index (χ3v) is 4.57. The van der Waals surface area contributed by atoms with Gasteiger partial charge in [0.1, 0.15) is 6.10 Å². The summed E-state index contributed by atoms with van der Waals surface area (Å²) in [4.78, 5) is 23.0. The third-order valence-electron chi connectivity index (χ3n) is 4.57. The summed E-state index contributed by atoms with van der Waals surface area (Å²) in [6.07, 6.45) is 6.60. The number of rotatable bonds is 5. The van der Waals surface area contributed by atoms with Crippen LogP contribution in [0.5, 0.6) is 0 Å². The molecular formula is C15H25NO4. The van der Waals surface area contributed by atoms with E-state index in [2.05, 4.69) is 12.2 Å². The molecule has 1 saturated carbocycles. The first-order chi connectivity index (χ1) is 9.61. The zero-order chi connectivity index (χ0) is 14.5. The molecule has 2 N–H and O–H groups in total. The topological polar surface area (TPSA) is 75.6 Å². The summed E-state index contributed by atoms with van der Waals surface area (Å²) in [5.41, 5.74) is 0. The lowest BCUT2D eigenvalue weighted by atomic mass is 9.83. The van der Waals surface area contributed by atoms with Crippen LogP contribution in [0.15, 0.2) is 0 Å². The van der Waals surface area contributed by atoms with Gasteiger partial charge in [-0.25, -0.2) is 4.79 Å². The van der Waals surface area contributed by atoms with Crippen molar-refractivity contribution >= 4 is 11.9 Å². The number of hydrogen-bond donors (Lipinski definition) is 2. The predicted molar refractivity (Wildman–Crippen MR) is 74.3 cm³/mol. The maximum absolute atomic E-state index is 12.2. The van der Waals surface area contributed by atoms with Crippen LogP contribution in [0.1, 0.15) is 58.3 Å². The molecule has 20 heavy (non-hydrogen) atoms. The quantitative estimate of drug-likeness (QED) is 0.810. The smallest absolute Gasteiger partial charge is 0.332 e. The van der Waals surface area contributed by atoms with E-state index in [0.29, 0.717) is 18.8 Å². The second-order valence-corrected chi connectivity index (χ2v) is 5.95. The SMILES string of the molecule is CCC(NC(=O)[C@@H]1CC[C@H](C(=O)O)O1)C1CCCCC1. The fourth-order valence-electron chi connectivity index (χ4n) is 3.38. The van der Waals surface area contributed by atoms with Gasteiger partial charge in [-0.2, -0.15) is 0 Å². The van der Waals surface area contributed by atoms with Crippen LogP contribution in [0.3, 0.4) is 0 Å². The van der Waals surface area contributed by atoms with E-state index in [-0.39, 0.29) is 11.9 Å². The van der Waals surface area contributed by atoms with Gasteiger partial charge in [-0.1, -0.05) is 26.2 Å². The molecule has 0 bridgehead atoms. The molecule has 0 aromatic carbocycles. The molecule has 0 aromatic heterocycles. The van der Waals surface area contributed by atoms with Gasteiger partial charge in [-0.3, -0.25) is 4.79 Å². The Morgan fingerprint density at radius 2 is 1.80 bits per heavy atom. The second kappa shape index (κ2) is 7.07. The van der Waals surface area contributed by atoms with Gasteiger partial charge in [0.2, 0.25) is 5.91 Å². The van der Waals surface area contributed by atoms with Crippen molar-refractivity contribution in [2.24, 2.45) is 5.92 Å². The average Bonchev–Trinajstić information content (AvgIpc) is 2.95. The Morgan fingerprint density at radius 1 is 1.15 bits per heavy atom. The molecule has 1 saturated heterocycles. The van der Waals surface area contributed by atoms with Crippen LogP contribution in [0, 0.1) is 5.92 Å². The molecule has 1 aliphatic carbocycles. The maximum Gasteiger partial charge on any atom is 0.332 e. The lowest BCUT2D eigenvalue weighted by Crippen LogP contribution is -2.45. The molecule has 3 atom stereocenters. The molecule has 2 aliphatic rings. The highest BCUT2D eigenvalue weighted by atomic mass is 16.5. The molecular weight excluding hydrogens is 258 g/mol. The third kappa shape index (κ3) is 3.72. The van der Waals surface area contributed by atoms with E-state index < -0.39 is 18.2 Å². The molecule has 1 aliphatic heterocycles. The molecule has 2 rings (SSSR count). The lowest BCUT2D eigenvalue weighted by Gasteiger charge is -2.31. The number of nitrogens with one attached hydrogen (secondary N) is 1. The number of carboxylic acid groups (broad SMARTS) is 1. The minimum atomic E-state index is -0.973. The number of amides is 1. The van der Waals surface area contributed by atoms with Crippen LogP contribution in [0.25, 0.3) is 0 Å². The molecule has 5 nitrogen and oxygen atoms in total. The highest BCUT2D eigenvalue weighted by molar-refractivity contribution is 5.82. The van der Waals surface area contributed by atoms with Crippen LogP contribution in [0.4, 0.5) is 0 Å². The van der Waals surface area contributed by atoms with Gasteiger partial charge < -0.3 is 15.2 Å². The van der Waals surface area contributed by atoms with Crippen LogP contribution >= 0.6 is 0 Å². The summed E-state index contributed by atoms with van der Waals surface area (Å²) < 4.78 is 5.31. The number of carboxylic acids is 1. The van der Waals surface area contributed by atoms with Crippen molar-refractivity contribution in [3.05, 3.63) is 0 Å². The Hall–Kier alpha value is -1.10. The van der Waals surface area contributed by atoms with Crippen molar-refractivity contribution in [1.82, 2.24) is 5.32 Å². The van der Waals surface area contributed by atoms with E-state index in [1.54, 1.807) is 0 Å². The zero-order valence-electron chi connectivity index (χ0n) is 12.1. The number of carbonyl (C=O) groups excluding carboxylic acids is 1. The maximum atomic E-state index is 12.2. The molecule has 1 amide bonds. The largest absolute Gasteiger partial charge is 0.479 e. The summed E-state index contributed by atoms with van der Waals surface area (Å²) in [5, 5.41) is 12.0. The van der Waals surface area contributed by atoms with E-state index in [4.69, 9.17) is 9.84 Å². The number of ether oxygens (including phenoxy) is 1. The summed E-state index contributed by atoms with van der Waals surface area (Å²) in [6.45, 7) is 2.09. The molecule has 0 aromatic rings. The Labute approximate surface area is 120 Å². The van der Waals surface area contributed by atoms with Gasteiger partial charge in [0.15, 0.2) is 6.10 Å². The lowest BCUT2D eigenvalue weighted by molar-refractivity contribution is -0.152. The minimum Gasteiger partial charge on any atom is -0.479 e. The number of aliphatic carboxylic acids is 1. The van der Waals surface area contributed by atoms with Crippen molar-refractivity contribution in [3.63, 3.8) is 0 Å². The Balaban J connectivity index is 1.84. The highest BCUT2D eigenvalue weighted by Crippen LogP contribution is 2.28. The van der Waals surface area contributed by atoms with E-state index in [0.717, 1.165) is 6.42 Å². The monoisotopic (exact) mass is 283 g/mol. The molecule has 5 heteroatoms. The van der Waals surface area contributed by atoms with Crippen molar-refractivity contribution in [1.29, 1.82) is 0 Å². The summed E-state index contributed by atoms with van der Waals surface area (Å²) in [5.74, 6) is -0.542. The van der Waals surface area contributed by atoms with Crippen molar-refractivity contribution < 1.29 is 19.4 Å². The van der Waals surface area contributed by atoms with Crippen LogP contribution < -0.4 is 5.32 Å². The minimum absolute atomic E-state index is 0.133. The van der Waals surface area contributed by atoms with Gasteiger partial charge in [0.05, 0.1) is 0 Å². The van der Waals surface area contributed by atoms with Gasteiger partial charge in [0, 0.05) is 6.04 Å². The van der Waals surface area contributed by atoms with Crippen LogP contribution in [-0.4, -0.2) is 35.2 Å². The molecule has 1 unspecified atom stereocenters. The first-order valence-corrected chi connectivity index (χ1v) is 7.80. The molecule has 0 radical (unpaired) electrons. The first-order valence-electron chi connectivity index (χ1n) is 7.80. The van der Waals surface area contributed by atoms with Crippen molar-refractivity contribution in [2.45, 2.75) is 76.5 Å². The Morgan fingerprint density at radius 3 is 2.35 bits per heavy atom. The average molecular weight is 283 g/mol. The fourth-order valence-corrected chi connectivity index (χ4v) is 3.38. The number of carbonyl (C=O) groups is 2. The summed E-state index contributed by atoms with van der Waals surface area (Å²) >= 11 is 0. The highest BCUT2D eigenvalue weighted by Gasteiger charge is 2.36. The van der Waals surface area contributed by atoms with Gasteiger partial charge in [0.25, 0.3) is 0 Å². The van der Waals surface area contributed by atoms with E-state index in [1.165, 1.54) is 32.1 Å². The van der Waals surface area contributed by atoms with Crippen LogP contribution in [0.2, 0.25) is 0 Å². The standard InChI is InChI=1S/C15H25NO4/c1-2-11(10-6-4-3-5-7-10)16-14(17)12-8-9-13(20-12)15(18)19/h10-13H,2-9H2,1H3,(H,16,17)(H,18,19)/t11?,12-,13+/m0/s1. The fraction of sp³-hybridized carbons (Fsp3) is 0.867. The predicted octanol–water partition coefficient (Wildman–Crippen LogP) is 2.09. The van der Waals surface area contributed by atoms with Crippen LogP contribution in [-0.2, 0) is 14.3 Å². The van der Waals surface area contributed by atoms with E-state index >= 15 is 0 Å². The van der Waals surface area contributed by atoms with Gasteiger partial charge in [-0.05, 0) is 38.0 Å². The van der Waals surface area contributed by atoms with Gasteiger partial charge in [-0.15, -0.1) is 0 Å². The van der Waals surface area contributed by atoms with Crippen molar-refractivity contribution in [2.75, 3.05) is 0 Å². The molecule has 1 heterocycles. The van der Waals surface area contributed by atoms with E-state index in [9.17, 15) is 9.59 Å². The molecule has 2 fully saturated rings. The summed E-state index contributed by atoms with van der Waals surface area (Å²) in [6, 6.07) is 0.204. The van der Waals surface area contributed by atoms with Crippen molar-refractivity contribution in [3.8, 4) is 0 Å². The molecule has 114 valence electrons. The zero-order valence-corrected chi connectivity index (χ0v) is 12.1. The first kappa shape index (κ1) is 15.3. The normalized spacial score (nSPS) is 29.1.